The van der Waals surface area contributed by atoms with Crippen molar-refractivity contribution < 1.29 is 14.4 Å². The van der Waals surface area contributed by atoms with E-state index in [0.717, 1.165) is 18.4 Å². The Morgan fingerprint density at radius 3 is 2.24 bits per heavy atom. The van der Waals surface area contributed by atoms with Gasteiger partial charge in [0.2, 0.25) is 5.91 Å². The number of hydrogen-bond acceptors (Lipinski definition) is 4. The summed E-state index contributed by atoms with van der Waals surface area (Å²) in [4.78, 5) is 35.0. The number of anilines is 1. The van der Waals surface area contributed by atoms with Gasteiger partial charge in [-0.25, -0.2) is 0 Å². The van der Waals surface area contributed by atoms with Crippen molar-refractivity contribution in [2.45, 2.75) is 25.2 Å². The van der Waals surface area contributed by atoms with E-state index in [1.165, 1.54) is 0 Å². The molecule has 1 saturated carbocycles. The van der Waals surface area contributed by atoms with Gasteiger partial charge in [0.15, 0.2) is 0 Å². The normalized spacial score (nSPS) is 19.0. The summed E-state index contributed by atoms with van der Waals surface area (Å²) < 4.78 is 0. The Morgan fingerprint density at radius 1 is 1.00 bits per heavy atom. The number of carbonyl (C=O) groups excluding carboxylic acids is 3. The van der Waals surface area contributed by atoms with Crippen LogP contribution in [-0.4, -0.2) is 17.7 Å². The number of nitrogen functional groups attached to an aromatic ring is 1. The number of amides is 3. The van der Waals surface area contributed by atoms with Crippen molar-refractivity contribution >= 4 is 23.4 Å². The maximum absolute atomic E-state index is 12.3. The van der Waals surface area contributed by atoms with Gasteiger partial charge in [0.25, 0.3) is 11.8 Å². The molecule has 2 rings (SSSR count). The minimum atomic E-state index is -0.852. The van der Waals surface area contributed by atoms with Crippen LogP contribution in [0, 0.1) is 5.92 Å². The molecule has 6 N–H and O–H groups in total. The van der Waals surface area contributed by atoms with E-state index in [4.69, 9.17) is 11.5 Å². The van der Waals surface area contributed by atoms with Gasteiger partial charge in [-0.1, -0.05) is 25.3 Å². The van der Waals surface area contributed by atoms with Crippen molar-refractivity contribution in [2.24, 2.45) is 11.7 Å². The fraction of sp³-hybridized carbons (Fsp3) is 0.278. The molecule has 0 spiro atoms. The Hall–Kier alpha value is -3.09. The summed E-state index contributed by atoms with van der Waals surface area (Å²) in [6.45, 7) is 6.83. The molecule has 1 aromatic carbocycles. The molecule has 1 aromatic rings. The lowest BCUT2D eigenvalue weighted by Gasteiger charge is -2.14. The van der Waals surface area contributed by atoms with Crippen LogP contribution in [0.5, 0.6) is 0 Å². The van der Waals surface area contributed by atoms with Crippen molar-refractivity contribution in [3.05, 3.63) is 54.4 Å². The highest BCUT2D eigenvalue weighted by atomic mass is 16.2. The van der Waals surface area contributed by atoms with E-state index in [0.29, 0.717) is 12.1 Å². The SMILES string of the molecule is C=C(NC(=O)C(=C)NC(=O)C1CCC(c2ccc(N)cc2)C1)C(N)=O. The summed E-state index contributed by atoms with van der Waals surface area (Å²) in [5, 5.41) is 4.67. The highest BCUT2D eigenvalue weighted by Crippen LogP contribution is 2.38. The van der Waals surface area contributed by atoms with E-state index in [-0.39, 0.29) is 29.1 Å². The highest BCUT2D eigenvalue weighted by Gasteiger charge is 2.31. The molecule has 1 fully saturated rings. The molecule has 3 amide bonds. The first-order chi connectivity index (χ1) is 11.8. The summed E-state index contributed by atoms with van der Waals surface area (Å²) in [6.07, 6.45) is 2.31. The standard InChI is InChI=1S/C18H22N4O3/c1-10(16(20)23)21-17(24)11(2)22-18(25)14-4-3-13(9-14)12-5-7-15(19)8-6-12/h5-8,13-14H,1-4,9,19H2,(H2,20,23)(H,21,24)(H,22,25). The number of primary amides is 1. The molecule has 7 heteroatoms. The first-order valence-electron chi connectivity index (χ1n) is 7.93. The van der Waals surface area contributed by atoms with Crippen molar-refractivity contribution in [3.8, 4) is 0 Å². The fourth-order valence-electron chi connectivity index (χ4n) is 2.87. The van der Waals surface area contributed by atoms with Crippen LogP contribution in [0.4, 0.5) is 5.69 Å². The van der Waals surface area contributed by atoms with Crippen molar-refractivity contribution in [2.75, 3.05) is 5.73 Å². The lowest BCUT2D eigenvalue weighted by atomic mass is 9.96. The molecule has 25 heavy (non-hydrogen) atoms. The molecule has 0 heterocycles. The van der Waals surface area contributed by atoms with Crippen LogP contribution in [0.1, 0.15) is 30.7 Å². The smallest absolute Gasteiger partial charge is 0.271 e. The van der Waals surface area contributed by atoms with E-state index in [1.54, 1.807) is 0 Å². The molecule has 2 atom stereocenters. The van der Waals surface area contributed by atoms with Crippen molar-refractivity contribution in [1.82, 2.24) is 10.6 Å². The fourth-order valence-corrected chi connectivity index (χ4v) is 2.87. The summed E-state index contributed by atoms with van der Waals surface area (Å²) in [5.41, 5.74) is 12.1. The van der Waals surface area contributed by atoms with Crippen LogP contribution < -0.4 is 22.1 Å². The molecule has 7 nitrogen and oxygen atoms in total. The largest absolute Gasteiger partial charge is 0.399 e. The Bertz CT molecular complexity index is 724. The third-order valence-corrected chi connectivity index (χ3v) is 4.32. The molecule has 132 valence electrons. The first-order valence-corrected chi connectivity index (χ1v) is 7.93. The van der Waals surface area contributed by atoms with Gasteiger partial charge in [0.1, 0.15) is 0 Å². The Kier molecular flexibility index (Phi) is 5.59. The van der Waals surface area contributed by atoms with Crippen LogP contribution in [0.15, 0.2) is 48.8 Å². The average molecular weight is 342 g/mol. The Balaban J connectivity index is 1.88. The summed E-state index contributed by atoms with van der Waals surface area (Å²) >= 11 is 0. The first kappa shape index (κ1) is 18.3. The number of rotatable bonds is 6. The molecule has 0 saturated heterocycles. The maximum atomic E-state index is 12.3. The Morgan fingerprint density at radius 2 is 1.64 bits per heavy atom. The van der Waals surface area contributed by atoms with Crippen molar-refractivity contribution in [3.63, 3.8) is 0 Å². The molecule has 0 aromatic heterocycles. The third-order valence-electron chi connectivity index (χ3n) is 4.32. The van der Waals surface area contributed by atoms with Gasteiger partial charge in [0, 0.05) is 11.6 Å². The second kappa shape index (κ2) is 7.65. The summed E-state index contributed by atoms with van der Waals surface area (Å²) in [5.74, 6) is -1.75. The second-order valence-corrected chi connectivity index (χ2v) is 6.14. The number of nitrogens with one attached hydrogen (secondary N) is 2. The monoisotopic (exact) mass is 342 g/mol. The van der Waals surface area contributed by atoms with E-state index in [1.807, 2.05) is 24.3 Å². The quantitative estimate of drug-likeness (QED) is 0.452. The van der Waals surface area contributed by atoms with Crippen LogP contribution in [-0.2, 0) is 14.4 Å². The number of hydrogen-bond donors (Lipinski definition) is 4. The summed E-state index contributed by atoms with van der Waals surface area (Å²) in [6, 6.07) is 7.64. The Labute approximate surface area is 146 Å². The van der Waals surface area contributed by atoms with Crippen LogP contribution >= 0.6 is 0 Å². The van der Waals surface area contributed by atoms with Gasteiger partial charge < -0.3 is 22.1 Å². The summed E-state index contributed by atoms with van der Waals surface area (Å²) in [7, 11) is 0. The molecule has 0 aliphatic heterocycles. The van der Waals surface area contributed by atoms with Gasteiger partial charge in [-0.3, -0.25) is 14.4 Å². The molecular weight excluding hydrogens is 320 g/mol. The average Bonchev–Trinajstić information content (AvgIpc) is 3.05. The highest BCUT2D eigenvalue weighted by molar-refractivity contribution is 6.03. The topological polar surface area (TPSA) is 127 Å². The minimum Gasteiger partial charge on any atom is -0.399 e. The molecule has 0 radical (unpaired) electrons. The van der Waals surface area contributed by atoms with Crippen LogP contribution in [0.2, 0.25) is 0 Å². The maximum Gasteiger partial charge on any atom is 0.271 e. The zero-order chi connectivity index (χ0) is 18.6. The predicted octanol–water partition coefficient (Wildman–Crippen LogP) is 0.898. The second-order valence-electron chi connectivity index (χ2n) is 6.14. The van der Waals surface area contributed by atoms with Crippen LogP contribution in [0.25, 0.3) is 0 Å². The number of carbonyl (C=O) groups is 3. The zero-order valence-corrected chi connectivity index (χ0v) is 13.9. The van der Waals surface area contributed by atoms with Crippen molar-refractivity contribution in [1.29, 1.82) is 0 Å². The van der Waals surface area contributed by atoms with Gasteiger partial charge in [-0.05, 0) is 42.9 Å². The lowest BCUT2D eigenvalue weighted by molar-refractivity contribution is -0.126. The van der Waals surface area contributed by atoms with Crippen LogP contribution in [0.3, 0.4) is 0 Å². The molecule has 2 unspecified atom stereocenters. The number of benzene rings is 1. The van der Waals surface area contributed by atoms with Gasteiger partial charge >= 0.3 is 0 Å². The molecule has 1 aliphatic rings. The van der Waals surface area contributed by atoms with E-state index >= 15 is 0 Å². The minimum absolute atomic E-state index is 0.150. The van der Waals surface area contributed by atoms with E-state index < -0.39 is 11.8 Å². The van der Waals surface area contributed by atoms with E-state index in [2.05, 4.69) is 23.8 Å². The predicted molar refractivity (Wildman–Crippen MR) is 94.7 cm³/mol. The van der Waals surface area contributed by atoms with Gasteiger partial charge in [0.05, 0.1) is 11.4 Å². The van der Waals surface area contributed by atoms with Gasteiger partial charge in [-0.2, -0.15) is 0 Å². The van der Waals surface area contributed by atoms with Gasteiger partial charge in [-0.15, -0.1) is 0 Å². The number of nitrogens with two attached hydrogens (primary N) is 2. The molecule has 1 aliphatic carbocycles. The third kappa shape index (κ3) is 4.69. The molecule has 0 bridgehead atoms. The lowest BCUT2D eigenvalue weighted by Crippen LogP contribution is -2.38. The van der Waals surface area contributed by atoms with E-state index in [9.17, 15) is 14.4 Å². The molecular formula is C18H22N4O3. The zero-order valence-electron chi connectivity index (χ0n) is 13.9.